The molecule has 3 amide bonds. The van der Waals surface area contributed by atoms with Gasteiger partial charge in [0.25, 0.3) is 5.91 Å². The van der Waals surface area contributed by atoms with Gasteiger partial charge in [-0.15, -0.1) is 13.2 Å². The molecule has 9 heteroatoms. The Labute approximate surface area is 236 Å². The third-order valence-corrected chi connectivity index (χ3v) is 9.25. The van der Waals surface area contributed by atoms with Crippen LogP contribution in [0.5, 0.6) is 0 Å². The zero-order valence-corrected chi connectivity index (χ0v) is 24.1. The van der Waals surface area contributed by atoms with Crippen molar-refractivity contribution in [1.29, 1.82) is 0 Å². The minimum Gasteiger partial charge on any atom is -0.394 e. The Kier molecular flexibility index (Phi) is 8.31. The number of rotatable bonds is 11. The van der Waals surface area contributed by atoms with Gasteiger partial charge in [0.15, 0.2) is 0 Å². The Morgan fingerprint density at radius 1 is 1.21 bits per heavy atom. The summed E-state index contributed by atoms with van der Waals surface area (Å²) in [5.74, 6) is -2.61. The van der Waals surface area contributed by atoms with Gasteiger partial charge in [-0.2, -0.15) is 0 Å². The van der Waals surface area contributed by atoms with E-state index in [9.17, 15) is 19.5 Å². The fourth-order valence-electron chi connectivity index (χ4n) is 7.06. The van der Waals surface area contributed by atoms with Crippen molar-refractivity contribution in [3.8, 4) is 0 Å². The number of aliphatic hydroxyl groups excluding tert-OH is 1. The average molecular weight is 558 g/mol. The highest BCUT2D eigenvalue weighted by Gasteiger charge is 2.79. The van der Waals surface area contributed by atoms with Gasteiger partial charge in [-0.05, 0) is 37.3 Å². The first-order valence-corrected chi connectivity index (χ1v) is 14.1. The first-order valence-electron chi connectivity index (χ1n) is 13.7. The molecular weight excluding hydrogens is 518 g/mol. The Morgan fingerprint density at radius 2 is 1.87 bits per heavy atom. The molecule has 2 unspecified atom stereocenters. The van der Waals surface area contributed by atoms with Gasteiger partial charge < -0.3 is 24.5 Å². The van der Waals surface area contributed by atoms with Crippen LogP contribution in [-0.4, -0.2) is 82.7 Å². The SMILES string of the molecule is C=CCN(C)C(=O)[C@H]1[C@H]2C(=O)N([C@@H](CO)C(C)C)C(C(=O)N(CC=C)c3ccccc3Cl)C23CC[C@]1(CC)O3. The summed E-state index contributed by atoms with van der Waals surface area (Å²) in [6, 6.07) is 5.36. The number of ether oxygens (including phenoxy) is 1. The van der Waals surface area contributed by atoms with Gasteiger partial charge in [-0.1, -0.05) is 56.7 Å². The summed E-state index contributed by atoms with van der Waals surface area (Å²) in [5.41, 5.74) is -1.56. The molecule has 8 nitrogen and oxygen atoms in total. The quantitative estimate of drug-likeness (QED) is 0.419. The zero-order chi connectivity index (χ0) is 28.7. The van der Waals surface area contributed by atoms with Gasteiger partial charge in [-0.3, -0.25) is 14.4 Å². The number of para-hydroxylation sites is 1. The number of hydrogen-bond acceptors (Lipinski definition) is 5. The molecule has 212 valence electrons. The Hall–Kier alpha value is -2.68. The summed E-state index contributed by atoms with van der Waals surface area (Å²) in [6.45, 7) is 13.5. The van der Waals surface area contributed by atoms with Crippen LogP contribution in [0.25, 0.3) is 0 Å². The Balaban J connectivity index is 1.90. The fourth-order valence-corrected chi connectivity index (χ4v) is 7.30. The number of nitrogens with zero attached hydrogens (tertiary/aromatic N) is 3. The fraction of sp³-hybridized carbons (Fsp3) is 0.567. The van der Waals surface area contributed by atoms with Gasteiger partial charge in [0.2, 0.25) is 11.8 Å². The number of aliphatic hydroxyl groups is 1. The summed E-state index contributed by atoms with van der Waals surface area (Å²) in [5, 5.41) is 10.8. The van der Waals surface area contributed by atoms with E-state index in [0.29, 0.717) is 36.5 Å². The molecule has 0 saturated carbocycles. The van der Waals surface area contributed by atoms with Crippen molar-refractivity contribution >= 4 is 35.0 Å². The molecule has 2 bridgehead atoms. The van der Waals surface area contributed by atoms with Crippen LogP contribution in [0, 0.1) is 17.8 Å². The van der Waals surface area contributed by atoms with Crippen LogP contribution in [0.15, 0.2) is 49.6 Å². The topological polar surface area (TPSA) is 90.4 Å². The van der Waals surface area contributed by atoms with Crippen LogP contribution in [-0.2, 0) is 19.1 Å². The number of likely N-dealkylation sites (N-methyl/N-ethyl adjacent to an activating group) is 1. The van der Waals surface area contributed by atoms with Crippen molar-refractivity contribution in [3.05, 3.63) is 54.6 Å². The van der Waals surface area contributed by atoms with Crippen molar-refractivity contribution in [3.63, 3.8) is 0 Å². The number of fused-ring (bicyclic) bond motifs is 1. The highest BCUT2D eigenvalue weighted by Crippen LogP contribution is 2.65. The normalized spacial score (nSPS) is 29.9. The molecule has 1 N–H and O–H groups in total. The molecule has 3 saturated heterocycles. The lowest BCUT2D eigenvalue weighted by atomic mass is 9.64. The summed E-state index contributed by atoms with van der Waals surface area (Å²) < 4.78 is 6.86. The van der Waals surface area contributed by atoms with Gasteiger partial charge in [0, 0.05) is 20.1 Å². The summed E-state index contributed by atoms with van der Waals surface area (Å²) in [7, 11) is 1.69. The zero-order valence-electron chi connectivity index (χ0n) is 23.3. The smallest absolute Gasteiger partial charge is 0.253 e. The number of carbonyl (C=O) groups excluding carboxylic acids is 3. The van der Waals surface area contributed by atoms with Crippen molar-refractivity contribution in [2.45, 2.75) is 63.3 Å². The van der Waals surface area contributed by atoms with E-state index in [1.165, 1.54) is 9.80 Å². The lowest BCUT2D eigenvalue weighted by molar-refractivity contribution is -0.153. The highest BCUT2D eigenvalue weighted by molar-refractivity contribution is 6.34. The van der Waals surface area contributed by atoms with Crippen LogP contribution in [0.3, 0.4) is 0 Å². The molecule has 1 aromatic carbocycles. The van der Waals surface area contributed by atoms with E-state index < -0.39 is 35.1 Å². The lowest BCUT2D eigenvalue weighted by Crippen LogP contribution is -2.60. The van der Waals surface area contributed by atoms with Gasteiger partial charge in [0.05, 0.1) is 40.8 Å². The van der Waals surface area contributed by atoms with E-state index in [0.717, 1.165) is 0 Å². The summed E-state index contributed by atoms with van der Waals surface area (Å²) >= 11 is 6.53. The second-order valence-corrected chi connectivity index (χ2v) is 11.7. The van der Waals surface area contributed by atoms with Gasteiger partial charge in [-0.25, -0.2) is 0 Å². The third-order valence-electron chi connectivity index (χ3n) is 8.93. The number of halogens is 1. The molecule has 3 aliphatic rings. The molecule has 1 spiro atoms. The molecule has 0 aromatic heterocycles. The van der Waals surface area contributed by atoms with E-state index in [4.69, 9.17) is 16.3 Å². The number of carbonyl (C=O) groups is 3. The second kappa shape index (κ2) is 11.1. The van der Waals surface area contributed by atoms with Gasteiger partial charge >= 0.3 is 0 Å². The average Bonchev–Trinajstić information content (AvgIpc) is 3.51. The molecule has 3 heterocycles. The van der Waals surface area contributed by atoms with Crippen LogP contribution >= 0.6 is 11.6 Å². The summed E-state index contributed by atoms with van der Waals surface area (Å²) in [6.07, 6.45) is 4.81. The van der Waals surface area contributed by atoms with Crippen LogP contribution in [0.4, 0.5) is 5.69 Å². The first kappa shape index (κ1) is 29.3. The Morgan fingerprint density at radius 3 is 2.44 bits per heavy atom. The van der Waals surface area contributed by atoms with Crippen molar-refractivity contribution in [2.75, 3.05) is 31.6 Å². The van der Waals surface area contributed by atoms with Crippen LogP contribution in [0.1, 0.15) is 40.0 Å². The number of amides is 3. The predicted octanol–water partition coefficient (Wildman–Crippen LogP) is 3.68. The number of likely N-dealkylation sites (tertiary alicyclic amines) is 1. The number of anilines is 1. The minimum atomic E-state index is -1.21. The van der Waals surface area contributed by atoms with E-state index in [1.807, 2.05) is 20.8 Å². The lowest BCUT2D eigenvalue weighted by Gasteiger charge is -2.41. The molecule has 0 aliphatic carbocycles. The molecule has 39 heavy (non-hydrogen) atoms. The van der Waals surface area contributed by atoms with E-state index in [1.54, 1.807) is 48.4 Å². The van der Waals surface area contributed by atoms with Crippen LogP contribution in [0.2, 0.25) is 5.02 Å². The largest absolute Gasteiger partial charge is 0.394 e. The molecule has 3 fully saturated rings. The minimum absolute atomic E-state index is 0.146. The van der Waals surface area contributed by atoms with Gasteiger partial charge in [0.1, 0.15) is 11.6 Å². The molecule has 0 radical (unpaired) electrons. The maximum absolute atomic E-state index is 14.7. The van der Waals surface area contributed by atoms with E-state index >= 15 is 0 Å². The third kappa shape index (κ3) is 4.41. The monoisotopic (exact) mass is 557 g/mol. The van der Waals surface area contributed by atoms with Crippen molar-refractivity contribution in [1.82, 2.24) is 9.80 Å². The maximum Gasteiger partial charge on any atom is 0.253 e. The predicted molar refractivity (Wildman–Crippen MR) is 151 cm³/mol. The molecule has 1 aromatic rings. The van der Waals surface area contributed by atoms with E-state index in [-0.39, 0.29) is 36.8 Å². The van der Waals surface area contributed by atoms with Crippen LogP contribution < -0.4 is 4.90 Å². The Bertz CT molecular complexity index is 1160. The van der Waals surface area contributed by atoms with Crippen molar-refractivity contribution < 1.29 is 24.2 Å². The first-order chi connectivity index (χ1) is 18.5. The van der Waals surface area contributed by atoms with Crippen molar-refractivity contribution in [2.24, 2.45) is 17.8 Å². The standard InChI is InChI=1S/C30H40ClN3O5/c1-7-16-32(6)26(36)23-24-27(37)34(22(18-35)19(4)5)25(30(24)15-14-29(23,9-3)39-30)28(38)33(17-8-2)21-13-11-10-12-20(21)31/h7-8,10-13,19,22-25,35H,1-2,9,14-18H2,3-6H3/t22-,23+,24-,25?,29-,30?/m0/s1. The molecule has 6 atom stereocenters. The maximum atomic E-state index is 14.7. The molecular formula is C30H40ClN3O5. The van der Waals surface area contributed by atoms with E-state index in [2.05, 4.69) is 13.2 Å². The second-order valence-electron chi connectivity index (χ2n) is 11.3. The molecule has 4 rings (SSSR count). The number of hydrogen-bond donors (Lipinski definition) is 1. The molecule has 3 aliphatic heterocycles. The summed E-state index contributed by atoms with van der Waals surface area (Å²) in [4.78, 5) is 47.6. The number of benzene rings is 1. The highest BCUT2D eigenvalue weighted by atomic mass is 35.5.